The number of nitrogen functional groups attached to an aromatic ring is 1. The fourth-order valence-corrected chi connectivity index (χ4v) is 3.25. The van der Waals surface area contributed by atoms with Gasteiger partial charge in [0.15, 0.2) is 0 Å². The molecular weight excluding hydrogens is 228 g/mol. The summed E-state index contributed by atoms with van der Waals surface area (Å²) in [5.41, 5.74) is 9.65. The monoisotopic (exact) mass is 238 g/mol. The molecule has 0 radical (unpaired) electrons. The lowest BCUT2D eigenvalue weighted by Gasteiger charge is -2.25. The maximum Gasteiger partial charge on any atom is 0.105 e. The summed E-state index contributed by atoms with van der Waals surface area (Å²) < 4.78 is 6.30. The van der Waals surface area contributed by atoms with E-state index >= 15 is 0 Å². The predicted molar refractivity (Wildman–Crippen MR) is 64.5 cm³/mol. The minimum atomic E-state index is 0.559. The minimum Gasteiger partial charge on any atom is -0.396 e. The SMILES string of the molecule is Nc1c(SC2COC2)ccc2scnc12. The Morgan fingerprint density at radius 3 is 3.07 bits per heavy atom. The second-order valence-corrected chi connectivity index (χ2v) is 5.68. The van der Waals surface area contributed by atoms with Crippen LogP contribution in [0.15, 0.2) is 22.5 Å². The van der Waals surface area contributed by atoms with Crippen molar-refractivity contribution in [1.82, 2.24) is 4.98 Å². The molecule has 2 heterocycles. The van der Waals surface area contributed by atoms with Crippen molar-refractivity contribution >= 4 is 39.0 Å². The van der Waals surface area contributed by atoms with E-state index in [0.717, 1.165) is 34.0 Å². The highest BCUT2D eigenvalue weighted by atomic mass is 32.2. The number of benzene rings is 1. The van der Waals surface area contributed by atoms with Gasteiger partial charge in [0.1, 0.15) is 5.52 Å². The van der Waals surface area contributed by atoms with E-state index in [-0.39, 0.29) is 0 Å². The third-order valence-electron chi connectivity index (χ3n) is 2.40. The van der Waals surface area contributed by atoms with Gasteiger partial charge in [-0.2, -0.15) is 0 Å². The van der Waals surface area contributed by atoms with Crippen molar-refractivity contribution in [2.24, 2.45) is 0 Å². The van der Waals surface area contributed by atoms with Crippen LogP contribution in [-0.4, -0.2) is 23.4 Å². The Morgan fingerprint density at radius 2 is 2.33 bits per heavy atom. The number of nitrogens with zero attached hydrogens (tertiary/aromatic N) is 1. The van der Waals surface area contributed by atoms with Crippen molar-refractivity contribution in [2.45, 2.75) is 10.1 Å². The van der Waals surface area contributed by atoms with Crippen molar-refractivity contribution in [3.8, 4) is 0 Å². The lowest BCUT2D eigenvalue weighted by atomic mass is 10.3. The van der Waals surface area contributed by atoms with Crippen LogP contribution < -0.4 is 5.73 Å². The number of anilines is 1. The average Bonchev–Trinajstić information content (AvgIpc) is 2.62. The number of hydrogen-bond donors (Lipinski definition) is 1. The first-order valence-corrected chi connectivity index (χ1v) is 6.46. The summed E-state index contributed by atoms with van der Waals surface area (Å²) in [6, 6.07) is 4.17. The van der Waals surface area contributed by atoms with Gasteiger partial charge >= 0.3 is 0 Å². The summed E-state index contributed by atoms with van der Waals surface area (Å²) >= 11 is 3.41. The van der Waals surface area contributed by atoms with Gasteiger partial charge in [-0.05, 0) is 12.1 Å². The van der Waals surface area contributed by atoms with E-state index in [1.807, 2.05) is 5.51 Å². The molecule has 0 amide bonds. The highest BCUT2D eigenvalue weighted by Crippen LogP contribution is 2.36. The van der Waals surface area contributed by atoms with Crippen LogP contribution in [0.25, 0.3) is 10.2 Å². The number of hydrogen-bond acceptors (Lipinski definition) is 5. The third kappa shape index (κ3) is 1.60. The van der Waals surface area contributed by atoms with Crippen LogP contribution in [0.4, 0.5) is 5.69 Å². The van der Waals surface area contributed by atoms with Gasteiger partial charge in [0.05, 0.1) is 34.4 Å². The molecule has 2 aromatic rings. The molecule has 5 heteroatoms. The summed E-state index contributed by atoms with van der Waals surface area (Å²) in [4.78, 5) is 5.41. The largest absolute Gasteiger partial charge is 0.396 e. The Morgan fingerprint density at radius 1 is 1.47 bits per heavy atom. The first-order valence-electron chi connectivity index (χ1n) is 4.70. The van der Waals surface area contributed by atoms with Crippen LogP contribution >= 0.6 is 23.1 Å². The van der Waals surface area contributed by atoms with E-state index in [9.17, 15) is 0 Å². The average molecular weight is 238 g/mol. The Hall–Kier alpha value is -0.780. The van der Waals surface area contributed by atoms with Gasteiger partial charge in [-0.3, -0.25) is 0 Å². The Kier molecular flexibility index (Phi) is 2.31. The Bertz CT molecular complexity index is 493. The van der Waals surface area contributed by atoms with E-state index < -0.39 is 0 Å². The van der Waals surface area contributed by atoms with E-state index in [2.05, 4.69) is 17.1 Å². The molecular formula is C10H10N2OS2. The summed E-state index contributed by atoms with van der Waals surface area (Å²) in [7, 11) is 0. The van der Waals surface area contributed by atoms with Crippen LogP contribution in [0.5, 0.6) is 0 Å². The first kappa shape index (κ1) is 9.45. The van der Waals surface area contributed by atoms with Crippen molar-refractivity contribution in [3.63, 3.8) is 0 Å². The maximum absolute atomic E-state index is 6.07. The number of rotatable bonds is 2. The molecule has 0 spiro atoms. The minimum absolute atomic E-state index is 0.559. The van der Waals surface area contributed by atoms with Crippen molar-refractivity contribution in [1.29, 1.82) is 0 Å². The lowest BCUT2D eigenvalue weighted by molar-refractivity contribution is 0.0455. The zero-order chi connectivity index (χ0) is 10.3. The predicted octanol–water partition coefficient (Wildman–Crippen LogP) is 2.37. The van der Waals surface area contributed by atoms with Crippen LogP contribution in [0.3, 0.4) is 0 Å². The van der Waals surface area contributed by atoms with Gasteiger partial charge in [0.25, 0.3) is 0 Å². The second-order valence-electron chi connectivity index (χ2n) is 3.45. The fraction of sp³-hybridized carbons (Fsp3) is 0.300. The zero-order valence-electron chi connectivity index (χ0n) is 7.97. The molecule has 3 rings (SSSR count). The van der Waals surface area contributed by atoms with Crippen LogP contribution in [-0.2, 0) is 4.74 Å². The van der Waals surface area contributed by atoms with Crippen LogP contribution in [0.2, 0.25) is 0 Å². The molecule has 78 valence electrons. The number of thioether (sulfide) groups is 1. The number of nitrogens with two attached hydrogens (primary N) is 1. The molecule has 1 aliphatic heterocycles. The van der Waals surface area contributed by atoms with Crippen molar-refractivity contribution < 1.29 is 4.74 Å². The van der Waals surface area contributed by atoms with Gasteiger partial charge in [-0.25, -0.2) is 4.98 Å². The highest BCUT2D eigenvalue weighted by molar-refractivity contribution is 8.00. The quantitative estimate of drug-likeness (QED) is 0.816. The molecule has 3 nitrogen and oxygen atoms in total. The smallest absolute Gasteiger partial charge is 0.105 e. The molecule has 1 aromatic heterocycles. The number of fused-ring (bicyclic) bond motifs is 1. The Labute approximate surface area is 95.6 Å². The molecule has 0 unspecified atom stereocenters. The standard InChI is InChI=1S/C10H10N2OS2/c11-9-7(15-6-3-13-4-6)1-2-8-10(9)12-5-14-8/h1-2,5-6H,3-4,11H2. The first-order chi connectivity index (χ1) is 7.34. The number of aromatic nitrogens is 1. The Balaban J connectivity index is 1.98. The second kappa shape index (κ2) is 3.66. The molecule has 2 N–H and O–H groups in total. The van der Waals surface area contributed by atoms with Gasteiger partial charge < -0.3 is 10.5 Å². The van der Waals surface area contributed by atoms with E-state index in [0.29, 0.717) is 5.25 Å². The zero-order valence-corrected chi connectivity index (χ0v) is 9.61. The van der Waals surface area contributed by atoms with Crippen molar-refractivity contribution in [2.75, 3.05) is 18.9 Å². The molecule has 0 bridgehead atoms. The van der Waals surface area contributed by atoms with Gasteiger partial charge in [0.2, 0.25) is 0 Å². The lowest BCUT2D eigenvalue weighted by Crippen LogP contribution is -2.30. The van der Waals surface area contributed by atoms with Crippen LogP contribution in [0.1, 0.15) is 0 Å². The van der Waals surface area contributed by atoms with E-state index in [1.165, 1.54) is 0 Å². The third-order valence-corrected chi connectivity index (χ3v) is 4.41. The summed E-state index contributed by atoms with van der Waals surface area (Å²) in [6.07, 6.45) is 0. The maximum atomic E-state index is 6.07. The number of thiazole rings is 1. The van der Waals surface area contributed by atoms with E-state index in [1.54, 1.807) is 23.1 Å². The highest BCUT2D eigenvalue weighted by Gasteiger charge is 2.21. The summed E-state index contributed by atoms with van der Waals surface area (Å²) in [5, 5.41) is 0.559. The molecule has 1 saturated heterocycles. The molecule has 0 atom stereocenters. The van der Waals surface area contributed by atoms with E-state index in [4.69, 9.17) is 10.5 Å². The molecule has 0 saturated carbocycles. The fourth-order valence-electron chi connectivity index (χ4n) is 1.50. The topological polar surface area (TPSA) is 48.1 Å². The normalized spacial score (nSPS) is 16.8. The van der Waals surface area contributed by atoms with Gasteiger partial charge in [-0.15, -0.1) is 23.1 Å². The summed E-state index contributed by atoms with van der Waals surface area (Å²) in [5.74, 6) is 0. The molecule has 1 fully saturated rings. The van der Waals surface area contributed by atoms with Crippen molar-refractivity contribution in [3.05, 3.63) is 17.6 Å². The number of ether oxygens (including phenoxy) is 1. The molecule has 15 heavy (non-hydrogen) atoms. The van der Waals surface area contributed by atoms with Crippen LogP contribution in [0, 0.1) is 0 Å². The van der Waals surface area contributed by atoms with Gasteiger partial charge in [-0.1, -0.05) is 0 Å². The summed E-state index contributed by atoms with van der Waals surface area (Å²) in [6.45, 7) is 1.67. The van der Waals surface area contributed by atoms with Gasteiger partial charge in [0, 0.05) is 4.90 Å². The molecule has 1 aromatic carbocycles. The molecule has 0 aliphatic carbocycles. The molecule has 1 aliphatic rings.